The molecular weight excluding hydrogens is 404 g/mol. The van der Waals surface area contributed by atoms with E-state index < -0.39 is 0 Å². The normalized spacial score (nSPS) is 20.4. The van der Waals surface area contributed by atoms with Crippen LogP contribution in [0.5, 0.6) is 0 Å². The molecule has 0 radical (unpaired) electrons. The van der Waals surface area contributed by atoms with Crippen LogP contribution in [0.15, 0.2) is 65.4 Å². The molecule has 1 atom stereocenters. The van der Waals surface area contributed by atoms with Gasteiger partial charge in [-0.3, -0.25) is 0 Å². The van der Waals surface area contributed by atoms with E-state index in [1.54, 1.807) is 0 Å². The number of thioether (sulfide) groups is 1. The minimum Gasteiger partial charge on any atom is -0.352 e. The molecule has 2 N–H and O–H groups in total. The van der Waals surface area contributed by atoms with Crippen LogP contribution in [0.2, 0.25) is 0 Å². The fourth-order valence-corrected chi connectivity index (χ4v) is 5.33. The average molecular weight is 435 g/mol. The van der Waals surface area contributed by atoms with Gasteiger partial charge in [-0.2, -0.15) is 11.8 Å². The SMILES string of the molecule is CC(C)c1ccc(/C=C2\CSCC3=C2NC(=S)NC3c2ccc(C(C)C)cc2)cc1. The highest BCUT2D eigenvalue weighted by molar-refractivity contribution is 7.99. The molecule has 4 heteroatoms. The molecule has 0 bridgehead atoms. The molecular formula is C26H30N2S2. The van der Waals surface area contributed by atoms with E-state index >= 15 is 0 Å². The Hall–Kier alpha value is -2.04. The molecule has 1 unspecified atom stereocenters. The average Bonchev–Trinajstić information content (AvgIpc) is 2.74. The van der Waals surface area contributed by atoms with Gasteiger partial charge in [-0.15, -0.1) is 0 Å². The van der Waals surface area contributed by atoms with Crippen LogP contribution in [0.1, 0.15) is 67.8 Å². The lowest BCUT2D eigenvalue weighted by molar-refractivity contribution is 0.693. The first-order valence-corrected chi connectivity index (χ1v) is 12.3. The molecule has 0 spiro atoms. The summed E-state index contributed by atoms with van der Waals surface area (Å²) in [6, 6.07) is 18.1. The molecule has 156 valence electrons. The molecule has 0 saturated carbocycles. The third-order valence-corrected chi connectivity index (χ3v) is 7.15. The number of nitrogens with one attached hydrogen (secondary N) is 2. The molecule has 0 aromatic heterocycles. The summed E-state index contributed by atoms with van der Waals surface area (Å²) in [5, 5.41) is 7.68. The standard InChI is InChI=1S/C26H30N2S2/c1-16(2)19-7-5-18(6-8-19)13-22-14-30-15-23-24(27-26(29)28-25(22)23)21-11-9-20(10-12-21)17(3)4/h5-13,16-17,24H,14-15H2,1-4H3,(H2,27,28,29)/b22-13+. The molecule has 2 aliphatic rings. The van der Waals surface area contributed by atoms with E-state index in [2.05, 4.69) is 92.9 Å². The Balaban J connectivity index is 1.68. The van der Waals surface area contributed by atoms with E-state index in [1.807, 2.05) is 11.8 Å². The second-order valence-electron chi connectivity index (χ2n) is 8.74. The molecule has 0 saturated heterocycles. The molecule has 2 aromatic rings. The zero-order valence-corrected chi connectivity index (χ0v) is 19.8. The van der Waals surface area contributed by atoms with E-state index in [0.29, 0.717) is 16.9 Å². The van der Waals surface area contributed by atoms with Crippen LogP contribution in [0, 0.1) is 0 Å². The van der Waals surface area contributed by atoms with E-state index in [0.717, 1.165) is 11.5 Å². The van der Waals surface area contributed by atoms with Gasteiger partial charge in [0, 0.05) is 17.2 Å². The third kappa shape index (κ3) is 4.50. The highest BCUT2D eigenvalue weighted by atomic mass is 32.2. The zero-order chi connectivity index (χ0) is 21.3. The number of rotatable bonds is 4. The van der Waals surface area contributed by atoms with Gasteiger partial charge in [0.1, 0.15) is 0 Å². The van der Waals surface area contributed by atoms with E-state index in [-0.39, 0.29) is 6.04 Å². The number of benzene rings is 2. The van der Waals surface area contributed by atoms with Gasteiger partial charge in [-0.05, 0) is 63.5 Å². The first kappa shape index (κ1) is 21.2. The number of allylic oxidation sites excluding steroid dienone is 1. The summed E-state index contributed by atoms with van der Waals surface area (Å²) < 4.78 is 0. The second kappa shape index (κ2) is 8.99. The molecule has 2 nitrogen and oxygen atoms in total. The molecule has 0 fully saturated rings. The summed E-state index contributed by atoms with van der Waals surface area (Å²) in [4.78, 5) is 0. The highest BCUT2D eigenvalue weighted by Gasteiger charge is 2.30. The van der Waals surface area contributed by atoms with Crippen molar-refractivity contribution in [2.45, 2.75) is 45.6 Å². The van der Waals surface area contributed by atoms with Crippen LogP contribution >= 0.6 is 24.0 Å². The summed E-state index contributed by atoms with van der Waals surface area (Å²) in [5.74, 6) is 3.10. The summed E-state index contributed by atoms with van der Waals surface area (Å²) >= 11 is 7.57. The minimum atomic E-state index is 0.134. The third-order valence-electron chi connectivity index (χ3n) is 5.90. The quantitative estimate of drug-likeness (QED) is 0.534. The number of hydrogen-bond acceptors (Lipinski definition) is 2. The largest absolute Gasteiger partial charge is 0.352 e. The van der Waals surface area contributed by atoms with E-state index in [4.69, 9.17) is 12.2 Å². The number of hydrogen-bond donors (Lipinski definition) is 2. The van der Waals surface area contributed by atoms with Crippen LogP contribution < -0.4 is 10.6 Å². The Labute approximate surface area is 190 Å². The van der Waals surface area contributed by atoms with Crippen LogP contribution in [0.3, 0.4) is 0 Å². The summed E-state index contributed by atoms with van der Waals surface area (Å²) in [6.07, 6.45) is 2.31. The molecule has 2 aromatic carbocycles. The maximum absolute atomic E-state index is 5.59. The molecule has 2 aliphatic heterocycles. The maximum Gasteiger partial charge on any atom is 0.171 e. The van der Waals surface area contributed by atoms with Crippen LogP contribution in [0.25, 0.3) is 6.08 Å². The van der Waals surface area contributed by atoms with Gasteiger partial charge in [0.15, 0.2) is 5.11 Å². The Kier molecular flexibility index (Phi) is 6.35. The monoisotopic (exact) mass is 434 g/mol. The van der Waals surface area contributed by atoms with Crippen LogP contribution in [-0.2, 0) is 0 Å². The van der Waals surface area contributed by atoms with Gasteiger partial charge in [0.05, 0.1) is 6.04 Å². The lowest BCUT2D eigenvalue weighted by Gasteiger charge is -2.36. The fourth-order valence-electron chi connectivity index (χ4n) is 4.03. The molecule has 2 heterocycles. The van der Waals surface area contributed by atoms with Gasteiger partial charge >= 0.3 is 0 Å². The van der Waals surface area contributed by atoms with Gasteiger partial charge in [0.25, 0.3) is 0 Å². The zero-order valence-electron chi connectivity index (χ0n) is 18.2. The van der Waals surface area contributed by atoms with Crippen molar-refractivity contribution in [3.8, 4) is 0 Å². The van der Waals surface area contributed by atoms with Gasteiger partial charge in [-0.1, -0.05) is 76.2 Å². The summed E-state index contributed by atoms with van der Waals surface area (Å²) in [6.45, 7) is 8.93. The fraction of sp³-hybridized carbons (Fsp3) is 0.346. The maximum atomic E-state index is 5.59. The highest BCUT2D eigenvalue weighted by Crippen LogP contribution is 2.37. The summed E-state index contributed by atoms with van der Waals surface area (Å²) in [7, 11) is 0. The Morgan fingerprint density at radius 1 is 0.900 bits per heavy atom. The predicted molar refractivity (Wildman–Crippen MR) is 135 cm³/mol. The van der Waals surface area contributed by atoms with Gasteiger partial charge in [0.2, 0.25) is 0 Å². The van der Waals surface area contributed by atoms with Crippen molar-refractivity contribution in [1.29, 1.82) is 0 Å². The first-order valence-electron chi connectivity index (χ1n) is 10.7. The van der Waals surface area contributed by atoms with Crippen LogP contribution in [0.4, 0.5) is 0 Å². The Bertz CT molecular complexity index is 983. The number of thiocarbonyl (C=S) groups is 1. The van der Waals surface area contributed by atoms with E-state index in [9.17, 15) is 0 Å². The van der Waals surface area contributed by atoms with Crippen molar-refractivity contribution in [3.05, 3.63) is 87.6 Å². The van der Waals surface area contributed by atoms with Gasteiger partial charge < -0.3 is 10.6 Å². The second-order valence-corrected chi connectivity index (χ2v) is 10.1. The topological polar surface area (TPSA) is 24.1 Å². The Morgan fingerprint density at radius 3 is 2.10 bits per heavy atom. The molecule has 0 aliphatic carbocycles. The van der Waals surface area contributed by atoms with Crippen molar-refractivity contribution < 1.29 is 0 Å². The van der Waals surface area contributed by atoms with E-state index in [1.165, 1.54) is 39.1 Å². The van der Waals surface area contributed by atoms with Crippen molar-refractivity contribution in [3.63, 3.8) is 0 Å². The smallest absolute Gasteiger partial charge is 0.171 e. The van der Waals surface area contributed by atoms with Crippen molar-refractivity contribution >= 4 is 35.2 Å². The van der Waals surface area contributed by atoms with Gasteiger partial charge in [-0.25, -0.2) is 0 Å². The van der Waals surface area contributed by atoms with Crippen LogP contribution in [-0.4, -0.2) is 16.6 Å². The lowest BCUT2D eigenvalue weighted by Crippen LogP contribution is -2.45. The summed E-state index contributed by atoms with van der Waals surface area (Å²) in [5.41, 5.74) is 9.19. The molecule has 4 rings (SSSR count). The molecule has 30 heavy (non-hydrogen) atoms. The van der Waals surface area contributed by atoms with Crippen molar-refractivity contribution in [2.75, 3.05) is 11.5 Å². The Morgan fingerprint density at radius 2 is 1.50 bits per heavy atom. The lowest BCUT2D eigenvalue weighted by atomic mass is 9.91. The first-order chi connectivity index (χ1) is 14.4. The minimum absolute atomic E-state index is 0.134. The predicted octanol–water partition coefficient (Wildman–Crippen LogP) is 6.54. The molecule has 0 amide bonds. The van der Waals surface area contributed by atoms with Crippen molar-refractivity contribution in [1.82, 2.24) is 10.6 Å². The van der Waals surface area contributed by atoms with Crippen molar-refractivity contribution in [2.24, 2.45) is 0 Å².